The van der Waals surface area contributed by atoms with Crippen LogP contribution in [0, 0.1) is 13.8 Å². The number of carboxylic acids is 1. The third kappa shape index (κ3) is 3.75. The number of hydrogen-bond acceptors (Lipinski definition) is 3. The second-order valence-corrected chi connectivity index (χ2v) is 4.44. The van der Waals surface area contributed by atoms with Crippen molar-refractivity contribution >= 4 is 11.7 Å². The fraction of sp³-hybridized carbons (Fsp3) is 0.462. The average molecular weight is 236 g/mol. The number of nitrogens with two attached hydrogens (primary N) is 1. The molecule has 1 atom stereocenters. The Morgan fingerprint density at radius 2 is 2.12 bits per heavy atom. The molecular formula is C13H20N2O2. The van der Waals surface area contributed by atoms with Gasteiger partial charge in [-0.25, -0.2) is 0 Å². The van der Waals surface area contributed by atoms with E-state index in [9.17, 15) is 4.79 Å². The zero-order valence-corrected chi connectivity index (χ0v) is 10.6. The maximum atomic E-state index is 10.6. The molecule has 0 aromatic heterocycles. The number of aryl methyl sites for hydroxylation is 2. The lowest BCUT2D eigenvalue weighted by molar-refractivity contribution is -0.138. The predicted molar refractivity (Wildman–Crippen MR) is 69.4 cm³/mol. The molecule has 17 heavy (non-hydrogen) atoms. The number of hydrogen-bond donors (Lipinski definition) is 2. The van der Waals surface area contributed by atoms with Crippen molar-refractivity contribution in [3.8, 4) is 0 Å². The lowest BCUT2D eigenvalue weighted by atomic mass is 10.1. The third-order valence-corrected chi connectivity index (χ3v) is 2.86. The summed E-state index contributed by atoms with van der Waals surface area (Å²) in [6, 6.07) is 5.43. The molecule has 3 N–H and O–H groups in total. The highest BCUT2D eigenvalue weighted by Crippen LogP contribution is 2.20. The first kappa shape index (κ1) is 13.5. The molecule has 4 nitrogen and oxygen atoms in total. The number of nitrogens with zero attached hydrogens (tertiary/aromatic N) is 1. The monoisotopic (exact) mass is 236 g/mol. The molecule has 4 heteroatoms. The Labute approximate surface area is 102 Å². The van der Waals surface area contributed by atoms with E-state index in [1.807, 2.05) is 11.9 Å². The van der Waals surface area contributed by atoms with Gasteiger partial charge in [0.15, 0.2) is 0 Å². The molecule has 0 aliphatic heterocycles. The molecule has 1 aromatic carbocycles. The van der Waals surface area contributed by atoms with E-state index >= 15 is 0 Å². The highest BCUT2D eigenvalue weighted by molar-refractivity contribution is 5.73. The molecule has 0 radical (unpaired) electrons. The van der Waals surface area contributed by atoms with Gasteiger partial charge in [0, 0.05) is 19.3 Å². The van der Waals surface area contributed by atoms with Gasteiger partial charge in [-0.05, 0) is 31.9 Å². The molecule has 0 aliphatic rings. The summed E-state index contributed by atoms with van der Waals surface area (Å²) in [5.41, 5.74) is 9.01. The smallest absolute Gasteiger partial charge is 0.320 e. The fourth-order valence-electron chi connectivity index (χ4n) is 1.81. The Bertz CT molecular complexity index is 404. The predicted octanol–water partition coefficient (Wildman–Crippen LogP) is 1.54. The van der Waals surface area contributed by atoms with Gasteiger partial charge < -0.3 is 15.7 Å². The Balaban J connectivity index is 2.64. The lowest BCUT2D eigenvalue weighted by Gasteiger charge is -2.22. The van der Waals surface area contributed by atoms with Crippen molar-refractivity contribution < 1.29 is 9.90 Å². The van der Waals surface area contributed by atoms with Crippen LogP contribution in [0.25, 0.3) is 0 Å². The van der Waals surface area contributed by atoms with Crippen LogP contribution in [0.5, 0.6) is 0 Å². The van der Waals surface area contributed by atoms with E-state index < -0.39 is 12.0 Å². The summed E-state index contributed by atoms with van der Waals surface area (Å²) >= 11 is 0. The molecule has 0 spiro atoms. The standard InChI is InChI=1S/C13H20N2O2/c1-9-4-5-12(10(2)8-9)15(3)7-6-11(14)13(16)17/h4-5,8,11H,6-7,14H2,1-3H3,(H,16,17). The number of carbonyl (C=O) groups is 1. The second kappa shape index (κ2) is 5.68. The van der Waals surface area contributed by atoms with E-state index in [-0.39, 0.29) is 0 Å². The molecule has 0 fully saturated rings. The van der Waals surface area contributed by atoms with E-state index in [4.69, 9.17) is 10.8 Å². The molecular weight excluding hydrogens is 216 g/mol. The Kier molecular flexibility index (Phi) is 4.52. The van der Waals surface area contributed by atoms with Crippen LogP contribution in [0.4, 0.5) is 5.69 Å². The van der Waals surface area contributed by atoms with Crippen LogP contribution in [-0.2, 0) is 4.79 Å². The topological polar surface area (TPSA) is 66.6 Å². The van der Waals surface area contributed by atoms with Gasteiger partial charge in [-0.2, -0.15) is 0 Å². The molecule has 1 rings (SSSR count). The van der Waals surface area contributed by atoms with Crippen molar-refractivity contribution in [1.82, 2.24) is 0 Å². The van der Waals surface area contributed by atoms with Crippen molar-refractivity contribution in [1.29, 1.82) is 0 Å². The van der Waals surface area contributed by atoms with Crippen LogP contribution in [0.15, 0.2) is 18.2 Å². The number of aliphatic carboxylic acids is 1. The van der Waals surface area contributed by atoms with Crippen LogP contribution >= 0.6 is 0 Å². The minimum atomic E-state index is -0.945. The highest BCUT2D eigenvalue weighted by atomic mass is 16.4. The molecule has 0 aliphatic carbocycles. The van der Waals surface area contributed by atoms with Crippen LogP contribution in [0.2, 0.25) is 0 Å². The SMILES string of the molecule is Cc1ccc(N(C)CCC(N)C(=O)O)c(C)c1. The van der Waals surface area contributed by atoms with Gasteiger partial charge in [0.05, 0.1) is 0 Å². The number of rotatable bonds is 5. The number of anilines is 1. The summed E-state index contributed by atoms with van der Waals surface area (Å²) in [4.78, 5) is 12.7. The van der Waals surface area contributed by atoms with Crippen molar-refractivity contribution in [2.75, 3.05) is 18.5 Å². The van der Waals surface area contributed by atoms with Gasteiger partial charge in [0.25, 0.3) is 0 Å². The van der Waals surface area contributed by atoms with Crippen LogP contribution in [0.3, 0.4) is 0 Å². The Morgan fingerprint density at radius 1 is 1.47 bits per heavy atom. The van der Waals surface area contributed by atoms with Crippen molar-refractivity contribution in [2.45, 2.75) is 26.3 Å². The fourth-order valence-corrected chi connectivity index (χ4v) is 1.81. The van der Waals surface area contributed by atoms with Gasteiger partial charge in [-0.1, -0.05) is 17.7 Å². The summed E-state index contributed by atoms with van der Waals surface area (Å²) < 4.78 is 0. The highest BCUT2D eigenvalue weighted by Gasteiger charge is 2.13. The largest absolute Gasteiger partial charge is 0.480 e. The molecule has 94 valence electrons. The third-order valence-electron chi connectivity index (χ3n) is 2.86. The Morgan fingerprint density at radius 3 is 2.65 bits per heavy atom. The first-order chi connectivity index (χ1) is 7.91. The summed E-state index contributed by atoms with van der Waals surface area (Å²) in [5.74, 6) is -0.945. The number of benzene rings is 1. The molecule has 1 unspecified atom stereocenters. The minimum Gasteiger partial charge on any atom is -0.480 e. The van der Waals surface area contributed by atoms with E-state index in [1.165, 1.54) is 11.1 Å². The molecule has 0 saturated carbocycles. The molecule has 0 saturated heterocycles. The van der Waals surface area contributed by atoms with E-state index in [0.29, 0.717) is 13.0 Å². The summed E-state index contributed by atoms with van der Waals surface area (Å²) in [6.45, 7) is 4.74. The summed E-state index contributed by atoms with van der Waals surface area (Å²) in [7, 11) is 1.95. The van der Waals surface area contributed by atoms with Gasteiger partial charge >= 0.3 is 5.97 Å². The van der Waals surface area contributed by atoms with Crippen molar-refractivity contribution in [3.05, 3.63) is 29.3 Å². The zero-order valence-electron chi connectivity index (χ0n) is 10.6. The van der Waals surface area contributed by atoms with Gasteiger partial charge in [0.1, 0.15) is 6.04 Å². The molecule has 0 heterocycles. The van der Waals surface area contributed by atoms with Crippen LogP contribution < -0.4 is 10.6 Å². The normalized spacial score (nSPS) is 12.2. The van der Waals surface area contributed by atoms with Gasteiger partial charge in [-0.3, -0.25) is 4.79 Å². The Hall–Kier alpha value is -1.55. The minimum absolute atomic E-state index is 0.444. The van der Waals surface area contributed by atoms with Crippen LogP contribution in [-0.4, -0.2) is 30.7 Å². The van der Waals surface area contributed by atoms with Crippen molar-refractivity contribution in [2.24, 2.45) is 5.73 Å². The second-order valence-electron chi connectivity index (χ2n) is 4.44. The lowest BCUT2D eigenvalue weighted by Crippen LogP contribution is -2.34. The first-order valence-corrected chi connectivity index (χ1v) is 5.68. The average Bonchev–Trinajstić information content (AvgIpc) is 2.25. The van der Waals surface area contributed by atoms with Crippen molar-refractivity contribution in [3.63, 3.8) is 0 Å². The van der Waals surface area contributed by atoms with Crippen LogP contribution in [0.1, 0.15) is 17.5 Å². The van der Waals surface area contributed by atoms with E-state index in [0.717, 1.165) is 5.69 Å². The van der Waals surface area contributed by atoms with Gasteiger partial charge in [-0.15, -0.1) is 0 Å². The number of carboxylic acid groups (broad SMARTS) is 1. The summed E-state index contributed by atoms with van der Waals surface area (Å²) in [6.07, 6.45) is 0.444. The zero-order chi connectivity index (χ0) is 13.0. The summed E-state index contributed by atoms with van der Waals surface area (Å²) in [5, 5.41) is 8.71. The van der Waals surface area contributed by atoms with Gasteiger partial charge in [0.2, 0.25) is 0 Å². The van der Waals surface area contributed by atoms with E-state index in [2.05, 4.69) is 32.0 Å². The quantitative estimate of drug-likeness (QED) is 0.814. The molecule has 0 bridgehead atoms. The first-order valence-electron chi connectivity index (χ1n) is 5.68. The molecule has 1 aromatic rings. The molecule has 0 amide bonds. The maximum Gasteiger partial charge on any atom is 0.320 e. The maximum absolute atomic E-state index is 10.6. The van der Waals surface area contributed by atoms with E-state index in [1.54, 1.807) is 0 Å².